The first-order valence-corrected chi connectivity index (χ1v) is 6.05. The van der Waals surface area contributed by atoms with Crippen molar-refractivity contribution in [1.29, 1.82) is 0 Å². The Bertz CT molecular complexity index is 511. The summed E-state index contributed by atoms with van der Waals surface area (Å²) >= 11 is 0. The van der Waals surface area contributed by atoms with Crippen LogP contribution in [0.5, 0.6) is 0 Å². The summed E-state index contributed by atoms with van der Waals surface area (Å²) in [4.78, 5) is 4.08. The first-order chi connectivity index (χ1) is 8.66. The van der Waals surface area contributed by atoms with Crippen molar-refractivity contribution < 1.29 is 4.39 Å². The molecule has 3 heteroatoms. The lowest BCUT2D eigenvalue weighted by Crippen LogP contribution is -2.19. The molecule has 1 atom stereocenters. The molecule has 0 saturated heterocycles. The third-order valence-electron chi connectivity index (χ3n) is 2.98. The van der Waals surface area contributed by atoms with Crippen molar-refractivity contribution in [3.8, 4) is 0 Å². The van der Waals surface area contributed by atoms with Gasteiger partial charge in [-0.05, 0) is 31.5 Å². The molecule has 0 bridgehead atoms. The summed E-state index contributed by atoms with van der Waals surface area (Å²) in [6.45, 7) is 4.53. The Hall–Kier alpha value is -1.74. The molecule has 0 amide bonds. The second kappa shape index (κ2) is 5.74. The van der Waals surface area contributed by atoms with Crippen molar-refractivity contribution >= 4 is 0 Å². The summed E-state index contributed by atoms with van der Waals surface area (Å²) in [5.74, 6) is -0.161. The van der Waals surface area contributed by atoms with E-state index >= 15 is 0 Å². The molecule has 0 spiro atoms. The number of aryl methyl sites for hydroxylation is 1. The number of hydrogen-bond acceptors (Lipinski definition) is 2. The molecule has 0 saturated carbocycles. The van der Waals surface area contributed by atoms with Gasteiger partial charge < -0.3 is 5.32 Å². The highest BCUT2D eigenvalue weighted by Crippen LogP contribution is 2.14. The molecule has 2 rings (SSSR count). The topological polar surface area (TPSA) is 24.9 Å². The molecule has 0 fully saturated rings. The van der Waals surface area contributed by atoms with Gasteiger partial charge in [-0.15, -0.1) is 0 Å². The molecule has 1 N–H and O–H groups in total. The third kappa shape index (κ3) is 3.14. The van der Waals surface area contributed by atoms with Crippen LogP contribution in [0.1, 0.15) is 29.7 Å². The zero-order valence-electron chi connectivity index (χ0n) is 10.7. The molecule has 0 aliphatic rings. The van der Waals surface area contributed by atoms with Crippen LogP contribution in [0.25, 0.3) is 0 Å². The maximum Gasteiger partial charge on any atom is 0.127 e. The van der Waals surface area contributed by atoms with Gasteiger partial charge in [0.1, 0.15) is 5.82 Å². The fourth-order valence-corrected chi connectivity index (χ4v) is 1.85. The van der Waals surface area contributed by atoms with Gasteiger partial charge in [0.15, 0.2) is 0 Å². The zero-order valence-corrected chi connectivity index (χ0v) is 10.7. The first-order valence-electron chi connectivity index (χ1n) is 6.05. The molecule has 1 heterocycles. The highest BCUT2D eigenvalue weighted by molar-refractivity contribution is 5.24. The van der Waals surface area contributed by atoms with Crippen LogP contribution in [0.4, 0.5) is 4.39 Å². The predicted octanol–water partition coefficient (Wildman–Crippen LogP) is 3.38. The maximum atomic E-state index is 13.6. The van der Waals surface area contributed by atoms with Gasteiger partial charge in [0.05, 0.1) is 0 Å². The van der Waals surface area contributed by atoms with Crippen molar-refractivity contribution in [1.82, 2.24) is 10.3 Å². The van der Waals surface area contributed by atoms with Gasteiger partial charge in [0.25, 0.3) is 0 Å². The molecule has 1 aromatic heterocycles. The molecular weight excluding hydrogens is 227 g/mol. The van der Waals surface area contributed by atoms with E-state index in [-0.39, 0.29) is 11.9 Å². The van der Waals surface area contributed by atoms with E-state index in [0.717, 1.165) is 11.1 Å². The number of hydrogen-bond donors (Lipinski definition) is 1. The van der Waals surface area contributed by atoms with Crippen LogP contribution in [-0.2, 0) is 6.54 Å². The van der Waals surface area contributed by atoms with Crippen molar-refractivity contribution in [2.24, 2.45) is 0 Å². The molecule has 0 radical (unpaired) electrons. The molecule has 2 aromatic rings. The van der Waals surface area contributed by atoms with E-state index in [2.05, 4.69) is 10.3 Å². The lowest BCUT2D eigenvalue weighted by Gasteiger charge is -2.14. The Morgan fingerprint density at radius 3 is 2.89 bits per heavy atom. The number of aromatic nitrogens is 1. The Kier molecular flexibility index (Phi) is 4.05. The second-order valence-electron chi connectivity index (χ2n) is 4.48. The Labute approximate surface area is 107 Å². The summed E-state index contributed by atoms with van der Waals surface area (Å²) < 4.78 is 13.6. The van der Waals surface area contributed by atoms with Crippen LogP contribution in [-0.4, -0.2) is 4.98 Å². The molecule has 94 valence electrons. The van der Waals surface area contributed by atoms with Crippen LogP contribution in [0.3, 0.4) is 0 Å². The number of rotatable bonds is 4. The largest absolute Gasteiger partial charge is 0.306 e. The average Bonchev–Trinajstić information content (AvgIpc) is 2.40. The van der Waals surface area contributed by atoms with Crippen molar-refractivity contribution in [2.45, 2.75) is 26.4 Å². The number of pyridine rings is 1. The number of halogens is 1. The summed E-state index contributed by atoms with van der Waals surface area (Å²) in [6.07, 6.45) is 3.57. The van der Waals surface area contributed by atoms with Gasteiger partial charge in [-0.3, -0.25) is 4.98 Å². The highest BCUT2D eigenvalue weighted by Gasteiger charge is 2.07. The number of nitrogens with zero attached hydrogens (tertiary/aromatic N) is 1. The second-order valence-corrected chi connectivity index (χ2v) is 4.48. The minimum absolute atomic E-state index is 0.151. The van der Waals surface area contributed by atoms with E-state index in [9.17, 15) is 4.39 Å². The lowest BCUT2D eigenvalue weighted by atomic mass is 10.1. The van der Waals surface area contributed by atoms with Crippen LogP contribution in [0, 0.1) is 12.7 Å². The molecule has 0 unspecified atom stereocenters. The SMILES string of the molecule is Cc1ccc(F)c(CN[C@@H](C)c2cccnc2)c1. The van der Waals surface area contributed by atoms with Gasteiger partial charge in [0, 0.05) is 30.5 Å². The number of nitrogens with one attached hydrogen (secondary N) is 1. The van der Waals surface area contributed by atoms with Gasteiger partial charge in [-0.25, -0.2) is 4.39 Å². The van der Waals surface area contributed by atoms with Gasteiger partial charge in [0.2, 0.25) is 0 Å². The van der Waals surface area contributed by atoms with Crippen molar-refractivity contribution in [3.05, 3.63) is 65.2 Å². The highest BCUT2D eigenvalue weighted by atomic mass is 19.1. The van der Waals surface area contributed by atoms with E-state index in [1.165, 1.54) is 6.07 Å². The fraction of sp³-hybridized carbons (Fsp3) is 0.267. The Morgan fingerprint density at radius 1 is 1.33 bits per heavy atom. The van der Waals surface area contributed by atoms with E-state index in [0.29, 0.717) is 12.1 Å². The first kappa shape index (κ1) is 12.7. The predicted molar refractivity (Wildman–Crippen MR) is 70.6 cm³/mol. The van der Waals surface area contributed by atoms with Crippen molar-refractivity contribution in [3.63, 3.8) is 0 Å². The van der Waals surface area contributed by atoms with Crippen LogP contribution < -0.4 is 5.32 Å². The molecule has 18 heavy (non-hydrogen) atoms. The van der Waals surface area contributed by atoms with Crippen molar-refractivity contribution in [2.75, 3.05) is 0 Å². The lowest BCUT2D eigenvalue weighted by molar-refractivity contribution is 0.543. The average molecular weight is 244 g/mol. The van der Waals surface area contributed by atoms with Gasteiger partial charge in [-0.1, -0.05) is 23.8 Å². The molecule has 1 aromatic carbocycles. The standard InChI is InChI=1S/C15H17FN2/c1-11-5-6-15(16)14(8-11)10-18-12(2)13-4-3-7-17-9-13/h3-9,12,18H,10H2,1-2H3/t12-/m0/s1. The smallest absolute Gasteiger partial charge is 0.127 e. The maximum absolute atomic E-state index is 13.6. The summed E-state index contributed by atoms with van der Waals surface area (Å²) in [5, 5.41) is 3.30. The minimum Gasteiger partial charge on any atom is -0.306 e. The molecule has 2 nitrogen and oxygen atoms in total. The molecule has 0 aliphatic carbocycles. The Morgan fingerprint density at radius 2 is 2.17 bits per heavy atom. The monoisotopic (exact) mass is 244 g/mol. The van der Waals surface area contributed by atoms with E-state index in [4.69, 9.17) is 0 Å². The van der Waals surface area contributed by atoms with Crippen LogP contribution in [0.15, 0.2) is 42.7 Å². The molecular formula is C15H17FN2. The number of benzene rings is 1. The van der Waals surface area contributed by atoms with Gasteiger partial charge in [-0.2, -0.15) is 0 Å². The van der Waals surface area contributed by atoms with Crippen LogP contribution in [0.2, 0.25) is 0 Å². The normalized spacial score (nSPS) is 12.4. The van der Waals surface area contributed by atoms with E-state index < -0.39 is 0 Å². The van der Waals surface area contributed by atoms with Gasteiger partial charge >= 0.3 is 0 Å². The Balaban J connectivity index is 2.01. The van der Waals surface area contributed by atoms with E-state index in [1.54, 1.807) is 12.3 Å². The summed E-state index contributed by atoms with van der Waals surface area (Å²) in [7, 11) is 0. The summed E-state index contributed by atoms with van der Waals surface area (Å²) in [5.41, 5.74) is 2.87. The fourth-order valence-electron chi connectivity index (χ4n) is 1.85. The van der Waals surface area contributed by atoms with E-state index in [1.807, 2.05) is 38.2 Å². The molecule has 0 aliphatic heterocycles. The minimum atomic E-state index is -0.161. The van der Waals surface area contributed by atoms with Crippen LogP contribution >= 0.6 is 0 Å². The zero-order chi connectivity index (χ0) is 13.0. The summed E-state index contributed by atoms with van der Waals surface area (Å²) in [6, 6.07) is 9.24. The third-order valence-corrected chi connectivity index (χ3v) is 2.98. The quantitative estimate of drug-likeness (QED) is 0.891.